The molecule has 5 rings (SSSR count). The second-order valence-electron chi connectivity index (χ2n) is 10.4. The van der Waals surface area contributed by atoms with Gasteiger partial charge in [0.05, 0.1) is 6.61 Å². The number of benzene rings is 3. The van der Waals surface area contributed by atoms with Gasteiger partial charge in [0.2, 0.25) is 0 Å². The first-order chi connectivity index (χ1) is 21.4. The van der Waals surface area contributed by atoms with Crippen molar-refractivity contribution in [3.05, 3.63) is 77.9 Å². The fourth-order valence-electron chi connectivity index (χ4n) is 5.14. The summed E-state index contributed by atoms with van der Waals surface area (Å²) in [5, 5.41) is 4.27. The van der Waals surface area contributed by atoms with Crippen LogP contribution in [0.5, 0.6) is 17.2 Å². The van der Waals surface area contributed by atoms with Crippen LogP contribution in [-0.2, 0) is 19.1 Å². The van der Waals surface area contributed by atoms with Gasteiger partial charge in [-0.25, -0.2) is 9.59 Å². The van der Waals surface area contributed by atoms with Gasteiger partial charge in [0, 0.05) is 46.4 Å². The van der Waals surface area contributed by atoms with Crippen LogP contribution in [0.25, 0.3) is 20.5 Å². The van der Waals surface area contributed by atoms with E-state index < -0.39 is 11.9 Å². The normalized spacial score (nSPS) is 14.7. The SMILES string of the molecule is COCC(=O)Oc1ccc(-c2sc3cc(OC(=O)COC)ccc3c2C(=O)c2ccc(OCCC3CCCCN3)cc2)cc1. The van der Waals surface area contributed by atoms with Crippen LogP contribution in [0.3, 0.4) is 0 Å². The van der Waals surface area contributed by atoms with Gasteiger partial charge in [-0.05, 0) is 98.1 Å². The predicted molar refractivity (Wildman–Crippen MR) is 168 cm³/mol. The molecule has 1 aromatic heterocycles. The lowest BCUT2D eigenvalue weighted by Crippen LogP contribution is -2.35. The van der Waals surface area contributed by atoms with Crippen molar-refractivity contribution in [3.63, 3.8) is 0 Å². The van der Waals surface area contributed by atoms with Crippen molar-refractivity contribution in [1.29, 1.82) is 0 Å². The summed E-state index contributed by atoms with van der Waals surface area (Å²) in [5.41, 5.74) is 1.82. The Morgan fingerprint density at radius 3 is 2.14 bits per heavy atom. The first-order valence-corrected chi connectivity index (χ1v) is 15.3. The third-order valence-electron chi connectivity index (χ3n) is 7.26. The maximum Gasteiger partial charge on any atom is 0.337 e. The van der Waals surface area contributed by atoms with Crippen molar-refractivity contribution in [2.24, 2.45) is 0 Å². The van der Waals surface area contributed by atoms with E-state index in [2.05, 4.69) is 5.32 Å². The highest BCUT2D eigenvalue weighted by molar-refractivity contribution is 7.22. The standard InChI is InChI=1S/C34H35NO8S/c1-39-20-30(36)42-26-12-8-23(9-13-26)34-32(28-15-14-27(19-29(28)44-34)43-31(37)21-40-2)33(38)22-6-10-25(11-7-22)41-18-16-24-5-3-4-17-35-24/h6-15,19,24,35H,3-5,16-18,20-21H2,1-2H3. The van der Waals surface area contributed by atoms with Gasteiger partial charge in [-0.15, -0.1) is 11.3 Å². The summed E-state index contributed by atoms with van der Waals surface area (Å²) in [7, 11) is 2.84. The molecule has 2 heterocycles. The zero-order chi connectivity index (χ0) is 30.9. The molecule has 9 nitrogen and oxygen atoms in total. The van der Waals surface area contributed by atoms with Crippen LogP contribution >= 0.6 is 11.3 Å². The molecular formula is C34H35NO8S. The molecular weight excluding hydrogens is 582 g/mol. The minimum Gasteiger partial charge on any atom is -0.494 e. The maximum absolute atomic E-state index is 14.1. The van der Waals surface area contributed by atoms with Crippen molar-refractivity contribution in [1.82, 2.24) is 5.32 Å². The van der Waals surface area contributed by atoms with E-state index >= 15 is 0 Å². The Bertz CT molecular complexity index is 1590. The zero-order valence-corrected chi connectivity index (χ0v) is 25.6. The molecule has 1 saturated heterocycles. The van der Waals surface area contributed by atoms with E-state index in [1.807, 2.05) is 12.1 Å². The Hall–Kier alpha value is -4.09. The number of rotatable bonds is 13. The fraction of sp³-hybridized carbons (Fsp3) is 0.324. The lowest BCUT2D eigenvalue weighted by molar-refractivity contribution is -0.139. The zero-order valence-electron chi connectivity index (χ0n) is 24.8. The lowest BCUT2D eigenvalue weighted by Gasteiger charge is -2.23. The van der Waals surface area contributed by atoms with E-state index in [1.165, 1.54) is 44.8 Å². The van der Waals surface area contributed by atoms with Crippen LogP contribution in [0.4, 0.5) is 0 Å². The van der Waals surface area contributed by atoms with E-state index in [1.54, 1.807) is 54.6 Å². The van der Waals surface area contributed by atoms with Crippen LogP contribution in [-0.4, -0.2) is 64.3 Å². The van der Waals surface area contributed by atoms with Crippen molar-refractivity contribution >= 4 is 39.1 Å². The molecule has 0 radical (unpaired) electrons. The number of carbonyl (C=O) groups is 3. The summed E-state index contributed by atoms with van der Waals surface area (Å²) >= 11 is 1.41. The number of ketones is 1. The van der Waals surface area contributed by atoms with Crippen LogP contribution in [0.15, 0.2) is 66.7 Å². The summed E-state index contributed by atoms with van der Waals surface area (Å²) in [6, 6.07) is 19.9. The first-order valence-electron chi connectivity index (χ1n) is 14.5. The smallest absolute Gasteiger partial charge is 0.337 e. The molecule has 1 aliphatic rings. The molecule has 0 saturated carbocycles. The van der Waals surface area contributed by atoms with Crippen molar-refractivity contribution in [2.75, 3.05) is 40.6 Å². The highest BCUT2D eigenvalue weighted by atomic mass is 32.1. The molecule has 1 unspecified atom stereocenters. The largest absolute Gasteiger partial charge is 0.494 e. The quantitative estimate of drug-likeness (QED) is 0.113. The third-order valence-corrected chi connectivity index (χ3v) is 8.46. The van der Waals surface area contributed by atoms with Crippen LogP contribution < -0.4 is 19.5 Å². The Morgan fingerprint density at radius 1 is 0.818 bits per heavy atom. The van der Waals surface area contributed by atoms with Gasteiger partial charge in [0.25, 0.3) is 0 Å². The van der Waals surface area contributed by atoms with Gasteiger partial charge < -0.3 is 29.0 Å². The summed E-state index contributed by atoms with van der Waals surface area (Å²) in [4.78, 5) is 38.6. The Labute approximate surface area is 260 Å². The fourth-order valence-corrected chi connectivity index (χ4v) is 6.37. The molecule has 1 fully saturated rings. The molecule has 1 N–H and O–H groups in total. The van der Waals surface area contributed by atoms with E-state index in [9.17, 15) is 14.4 Å². The minimum absolute atomic E-state index is 0.149. The lowest BCUT2D eigenvalue weighted by atomic mass is 9.97. The molecule has 44 heavy (non-hydrogen) atoms. The summed E-state index contributed by atoms with van der Waals surface area (Å²) < 4.78 is 27.1. The van der Waals surface area contributed by atoms with E-state index in [4.69, 9.17) is 23.7 Å². The molecule has 1 atom stereocenters. The topological polar surface area (TPSA) is 109 Å². The number of piperidine rings is 1. The number of fused-ring (bicyclic) bond motifs is 1. The van der Waals surface area contributed by atoms with E-state index in [0.717, 1.165) is 33.5 Å². The van der Waals surface area contributed by atoms with Gasteiger partial charge in [0.15, 0.2) is 5.78 Å². The van der Waals surface area contributed by atoms with Crippen LogP contribution in [0, 0.1) is 0 Å². The average Bonchev–Trinajstić information content (AvgIpc) is 3.41. The van der Waals surface area contributed by atoms with Gasteiger partial charge in [-0.1, -0.05) is 6.42 Å². The van der Waals surface area contributed by atoms with Gasteiger partial charge in [-0.3, -0.25) is 4.79 Å². The highest BCUT2D eigenvalue weighted by Gasteiger charge is 2.23. The van der Waals surface area contributed by atoms with E-state index in [-0.39, 0.29) is 19.0 Å². The number of methoxy groups -OCH3 is 2. The Kier molecular flexibility index (Phi) is 10.7. The second kappa shape index (κ2) is 15.1. The average molecular weight is 618 g/mol. The van der Waals surface area contributed by atoms with Crippen LogP contribution in [0.2, 0.25) is 0 Å². The number of nitrogens with one attached hydrogen (secondary N) is 1. The molecule has 0 amide bonds. The molecule has 3 aromatic carbocycles. The monoisotopic (exact) mass is 617 g/mol. The maximum atomic E-state index is 14.1. The Morgan fingerprint density at radius 2 is 1.48 bits per heavy atom. The molecule has 10 heteroatoms. The summed E-state index contributed by atoms with van der Waals surface area (Å²) in [6.45, 7) is 1.34. The highest BCUT2D eigenvalue weighted by Crippen LogP contribution is 2.42. The van der Waals surface area contributed by atoms with Crippen molar-refractivity contribution in [3.8, 4) is 27.7 Å². The number of hydrogen-bond donors (Lipinski definition) is 1. The Balaban J connectivity index is 1.41. The molecule has 0 spiro atoms. The molecule has 4 aromatic rings. The predicted octanol–water partition coefficient (Wildman–Crippen LogP) is 5.81. The van der Waals surface area contributed by atoms with Gasteiger partial charge in [0.1, 0.15) is 30.5 Å². The number of carbonyl (C=O) groups excluding carboxylic acids is 3. The molecule has 1 aliphatic heterocycles. The van der Waals surface area contributed by atoms with Crippen LogP contribution in [0.1, 0.15) is 41.6 Å². The van der Waals surface area contributed by atoms with Gasteiger partial charge >= 0.3 is 11.9 Å². The number of ether oxygens (including phenoxy) is 5. The summed E-state index contributed by atoms with van der Waals surface area (Å²) in [5.74, 6) is 0.268. The van der Waals surface area contributed by atoms with Crippen molar-refractivity contribution in [2.45, 2.75) is 31.7 Å². The second-order valence-corrected chi connectivity index (χ2v) is 11.5. The minimum atomic E-state index is -0.518. The van der Waals surface area contributed by atoms with Crippen molar-refractivity contribution < 1.29 is 38.1 Å². The third kappa shape index (κ3) is 7.89. The first kappa shape index (κ1) is 31.3. The summed E-state index contributed by atoms with van der Waals surface area (Å²) in [6.07, 6.45) is 4.59. The van der Waals surface area contributed by atoms with Gasteiger partial charge in [-0.2, -0.15) is 0 Å². The molecule has 0 bridgehead atoms. The number of thiophene rings is 1. The molecule has 230 valence electrons. The number of hydrogen-bond acceptors (Lipinski definition) is 10. The molecule has 0 aliphatic carbocycles. The number of esters is 2. The van der Waals surface area contributed by atoms with E-state index in [0.29, 0.717) is 41.0 Å².